The van der Waals surface area contributed by atoms with Crippen molar-refractivity contribution < 1.29 is 9.53 Å². The highest BCUT2D eigenvalue weighted by Gasteiger charge is 2.26. The van der Waals surface area contributed by atoms with Crippen LogP contribution in [0.5, 0.6) is 0 Å². The van der Waals surface area contributed by atoms with Crippen LogP contribution in [0, 0.1) is 11.3 Å². The number of aliphatic imine (C=N–C) groups is 1. The fourth-order valence-electron chi connectivity index (χ4n) is 1.71. The van der Waals surface area contributed by atoms with E-state index < -0.39 is 0 Å². The van der Waals surface area contributed by atoms with Gasteiger partial charge in [0.25, 0.3) is 0 Å². The van der Waals surface area contributed by atoms with E-state index in [1.165, 1.54) is 0 Å². The lowest BCUT2D eigenvalue weighted by Gasteiger charge is -2.07. The molecule has 0 fully saturated rings. The predicted octanol–water partition coefficient (Wildman–Crippen LogP) is 2.09. The molecule has 0 radical (unpaired) electrons. The second-order valence-electron chi connectivity index (χ2n) is 4.98. The summed E-state index contributed by atoms with van der Waals surface area (Å²) >= 11 is 0. The molecule has 1 aliphatic heterocycles. The summed E-state index contributed by atoms with van der Waals surface area (Å²) in [5.74, 6) is 0.311. The zero-order valence-corrected chi connectivity index (χ0v) is 10.9. The molecule has 1 aromatic rings. The molecule has 0 aliphatic carbocycles. The number of rotatable bonds is 3. The van der Waals surface area contributed by atoms with Gasteiger partial charge in [-0.15, -0.1) is 0 Å². The van der Waals surface area contributed by atoms with E-state index in [4.69, 9.17) is 10.00 Å². The van der Waals surface area contributed by atoms with Crippen LogP contribution in [0.2, 0.25) is 0 Å². The predicted molar refractivity (Wildman–Crippen MR) is 71.9 cm³/mol. The molecule has 1 amide bonds. The van der Waals surface area contributed by atoms with Crippen LogP contribution in [0.25, 0.3) is 0 Å². The van der Waals surface area contributed by atoms with E-state index >= 15 is 0 Å². The van der Waals surface area contributed by atoms with Crippen molar-refractivity contribution in [3.8, 4) is 6.07 Å². The third-order valence-electron chi connectivity index (χ3n) is 2.62. The van der Waals surface area contributed by atoms with Gasteiger partial charge in [0.1, 0.15) is 13.0 Å². The highest BCUT2D eigenvalue weighted by atomic mass is 16.5. The first-order chi connectivity index (χ1) is 9.00. The molecule has 0 unspecified atom stereocenters. The van der Waals surface area contributed by atoms with E-state index in [1.54, 1.807) is 18.2 Å². The summed E-state index contributed by atoms with van der Waals surface area (Å²) in [6, 6.07) is 9.00. The normalized spacial score (nSPS) is 16.2. The Morgan fingerprint density at radius 3 is 2.68 bits per heavy atom. The van der Waals surface area contributed by atoms with Gasteiger partial charge in [0.05, 0.1) is 11.6 Å². The molecule has 1 N–H and O–H groups in total. The first-order valence-electron chi connectivity index (χ1n) is 6.00. The third-order valence-corrected chi connectivity index (χ3v) is 2.62. The van der Waals surface area contributed by atoms with E-state index in [2.05, 4.69) is 10.3 Å². The van der Waals surface area contributed by atoms with E-state index in [1.807, 2.05) is 26.0 Å². The average Bonchev–Trinajstić information content (AvgIpc) is 2.71. The third kappa shape index (κ3) is 3.32. The number of carbonyl (C=O) groups is 1. The number of hydrogen-bond acceptors (Lipinski definition) is 4. The molecule has 0 saturated heterocycles. The Kier molecular flexibility index (Phi) is 3.52. The largest absolute Gasteiger partial charge is 0.475 e. The number of nitrogens with zero attached hydrogens (tertiary/aromatic N) is 2. The van der Waals surface area contributed by atoms with E-state index in [-0.39, 0.29) is 17.9 Å². The van der Waals surface area contributed by atoms with Crippen molar-refractivity contribution in [1.29, 1.82) is 5.26 Å². The Morgan fingerprint density at radius 2 is 2.16 bits per heavy atom. The summed E-state index contributed by atoms with van der Waals surface area (Å²) in [4.78, 5) is 15.7. The molecule has 5 nitrogen and oxygen atoms in total. The van der Waals surface area contributed by atoms with Crippen molar-refractivity contribution in [1.82, 2.24) is 0 Å². The lowest BCUT2D eigenvalue weighted by atomic mass is 10.1. The minimum atomic E-state index is -0.314. The maximum absolute atomic E-state index is 11.3. The van der Waals surface area contributed by atoms with Crippen LogP contribution in [0.4, 0.5) is 5.69 Å². The summed E-state index contributed by atoms with van der Waals surface area (Å²) in [6.07, 6.45) is -0.147. The highest BCUT2D eigenvalue weighted by Crippen LogP contribution is 2.21. The van der Waals surface area contributed by atoms with Crippen LogP contribution in [0.1, 0.15) is 25.8 Å². The standard InChI is InChI=1S/C14H15N3O2/c1-14(2)9-19-13(17-14)10-3-5-11(6-4-10)16-12(18)7-8-15/h3-6H,7,9H2,1-2H3,(H,16,18). The Morgan fingerprint density at radius 1 is 1.47 bits per heavy atom. The first kappa shape index (κ1) is 13.1. The van der Waals surface area contributed by atoms with Gasteiger partial charge in [-0.1, -0.05) is 0 Å². The van der Waals surface area contributed by atoms with Crippen molar-refractivity contribution in [2.75, 3.05) is 11.9 Å². The van der Waals surface area contributed by atoms with Crippen molar-refractivity contribution in [3.05, 3.63) is 29.8 Å². The Balaban J connectivity index is 2.08. The number of carbonyl (C=O) groups excluding carboxylic acids is 1. The zero-order chi connectivity index (χ0) is 13.9. The monoisotopic (exact) mass is 257 g/mol. The molecule has 98 valence electrons. The quantitative estimate of drug-likeness (QED) is 0.901. The number of nitrogens with one attached hydrogen (secondary N) is 1. The number of nitriles is 1. The van der Waals surface area contributed by atoms with Gasteiger partial charge in [-0.05, 0) is 38.1 Å². The first-order valence-corrected chi connectivity index (χ1v) is 6.00. The number of hydrogen-bond donors (Lipinski definition) is 1. The number of benzene rings is 1. The van der Waals surface area contributed by atoms with Crippen LogP contribution < -0.4 is 5.32 Å². The van der Waals surface area contributed by atoms with E-state index in [0.717, 1.165) is 5.56 Å². The highest BCUT2D eigenvalue weighted by molar-refractivity contribution is 5.97. The number of anilines is 1. The van der Waals surface area contributed by atoms with E-state index in [9.17, 15) is 4.79 Å². The Hall–Kier alpha value is -2.35. The van der Waals surface area contributed by atoms with Gasteiger partial charge >= 0.3 is 0 Å². The molecule has 1 aliphatic rings. The summed E-state index contributed by atoms with van der Waals surface area (Å²) in [7, 11) is 0. The number of ether oxygens (including phenoxy) is 1. The molecular weight excluding hydrogens is 242 g/mol. The number of amides is 1. The molecule has 0 aromatic heterocycles. The Labute approximate surface area is 111 Å². The van der Waals surface area contributed by atoms with Crippen molar-refractivity contribution in [2.24, 2.45) is 4.99 Å². The second-order valence-corrected chi connectivity index (χ2v) is 4.98. The average molecular weight is 257 g/mol. The van der Waals surface area contributed by atoms with Gasteiger partial charge in [0.2, 0.25) is 11.8 Å². The van der Waals surface area contributed by atoms with Crippen LogP contribution >= 0.6 is 0 Å². The summed E-state index contributed by atoms with van der Waals surface area (Å²) in [6.45, 7) is 4.59. The van der Waals surface area contributed by atoms with Crippen molar-refractivity contribution in [3.63, 3.8) is 0 Å². The molecule has 0 saturated carbocycles. The fourth-order valence-corrected chi connectivity index (χ4v) is 1.71. The summed E-state index contributed by atoms with van der Waals surface area (Å²) < 4.78 is 5.53. The SMILES string of the molecule is CC1(C)COC(c2ccc(NC(=O)CC#N)cc2)=N1. The zero-order valence-electron chi connectivity index (χ0n) is 10.9. The maximum atomic E-state index is 11.3. The molecular formula is C14H15N3O2. The van der Waals surface area contributed by atoms with Crippen LogP contribution in [-0.4, -0.2) is 24.0 Å². The van der Waals surface area contributed by atoms with Crippen LogP contribution in [0.3, 0.4) is 0 Å². The van der Waals surface area contributed by atoms with Gasteiger partial charge in [-0.3, -0.25) is 4.79 Å². The smallest absolute Gasteiger partial charge is 0.238 e. The minimum Gasteiger partial charge on any atom is -0.475 e. The molecule has 0 bridgehead atoms. The maximum Gasteiger partial charge on any atom is 0.238 e. The molecule has 0 atom stereocenters. The topological polar surface area (TPSA) is 74.5 Å². The van der Waals surface area contributed by atoms with Gasteiger partial charge in [0.15, 0.2) is 0 Å². The minimum absolute atomic E-state index is 0.147. The van der Waals surface area contributed by atoms with Crippen LogP contribution in [-0.2, 0) is 9.53 Å². The van der Waals surface area contributed by atoms with E-state index in [0.29, 0.717) is 18.2 Å². The lowest BCUT2D eigenvalue weighted by Crippen LogP contribution is -2.17. The fraction of sp³-hybridized carbons (Fsp3) is 0.357. The molecule has 2 rings (SSSR count). The van der Waals surface area contributed by atoms with Crippen molar-refractivity contribution in [2.45, 2.75) is 25.8 Å². The van der Waals surface area contributed by atoms with Gasteiger partial charge in [-0.25, -0.2) is 4.99 Å². The van der Waals surface area contributed by atoms with Gasteiger partial charge in [-0.2, -0.15) is 5.26 Å². The Bertz CT molecular complexity index is 553. The molecule has 0 spiro atoms. The molecule has 1 aromatic carbocycles. The summed E-state index contributed by atoms with van der Waals surface area (Å²) in [5, 5.41) is 11.0. The summed E-state index contributed by atoms with van der Waals surface area (Å²) in [5.41, 5.74) is 1.35. The van der Waals surface area contributed by atoms with Crippen LogP contribution in [0.15, 0.2) is 29.3 Å². The molecule has 5 heteroatoms. The molecule has 19 heavy (non-hydrogen) atoms. The molecule has 1 heterocycles. The second kappa shape index (κ2) is 5.11. The van der Waals surface area contributed by atoms with Gasteiger partial charge in [0, 0.05) is 11.3 Å². The lowest BCUT2D eigenvalue weighted by molar-refractivity contribution is -0.115. The van der Waals surface area contributed by atoms with Crippen molar-refractivity contribution >= 4 is 17.5 Å². The van der Waals surface area contributed by atoms with Gasteiger partial charge < -0.3 is 10.1 Å².